The van der Waals surface area contributed by atoms with Crippen LogP contribution in [0.3, 0.4) is 0 Å². The molecule has 0 aromatic carbocycles. The summed E-state index contributed by atoms with van der Waals surface area (Å²) in [5.41, 5.74) is -0.610. The summed E-state index contributed by atoms with van der Waals surface area (Å²) in [4.78, 5) is 5.50. The Morgan fingerprint density at radius 1 is 1.21 bits per heavy atom. The molecule has 0 unspecified atom stereocenters. The van der Waals surface area contributed by atoms with Crippen molar-refractivity contribution in [1.82, 2.24) is 15.4 Å². The first kappa shape index (κ1) is 23.6. The van der Waals surface area contributed by atoms with Crippen LogP contribution in [0.25, 0.3) is 0 Å². The van der Waals surface area contributed by atoms with Crippen molar-refractivity contribution in [3.63, 3.8) is 0 Å². The second kappa shape index (κ2) is 9.35. The van der Waals surface area contributed by atoms with Gasteiger partial charge in [-0.2, -0.15) is 0 Å². The van der Waals surface area contributed by atoms with Crippen LogP contribution in [0.1, 0.15) is 32.6 Å². The summed E-state index contributed by atoms with van der Waals surface area (Å²) in [6.07, 6.45) is 1.16. The number of nitrogens with zero attached hydrogens (tertiary/aromatic N) is 1. The number of nitrogens with one attached hydrogen (secondary N) is 3. The quantitative estimate of drug-likeness (QED) is 0.312. The minimum atomic E-state index is -3.25. The number of hydrogen-bond donors (Lipinski definition) is 3. The molecule has 1 aromatic rings. The van der Waals surface area contributed by atoms with E-state index in [4.69, 9.17) is 0 Å². The van der Waals surface area contributed by atoms with Crippen molar-refractivity contribution < 1.29 is 8.42 Å². The zero-order chi connectivity index (χ0) is 17.7. The third-order valence-corrected chi connectivity index (χ3v) is 5.43. The van der Waals surface area contributed by atoms with Gasteiger partial charge in [0.15, 0.2) is 5.96 Å². The van der Waals surface area contributed by atoms with Gasteiger partial charge in [-0.3, -0.25) is 4.99 Å². The molecule has 0 fully saturated rings. The molecule has 0 aliphatic heterocycles. The Morgan fingerprint density at radius 2 is 1.79 bits per heavy atom. The van der Waals surface area contributed by atoms with Gasteiger partial charge in [0.2, 0.25) is 10.0 Å². The van der Waals surface area contributed by atoms with Crippen molar-refractivity contribution >= 4 is 51.3 Å². The molecule has 0 saturated carbocycles. The van der Waals surface area contributed by atoms with E-state index in [2.05, 4.69) is 45.6 Å². The van der Waals surface area contributed by atoms with E-state index in [1.165, 1.54) is 4.88 Å². The van der Waals surface area contributed by atoms with E-state index in [1.54, 1.807) is 18.4 Å². The normalized spacial score (nSPS) is 13.3. The third-order valence-electron chi connectivity index (χ3n) is 3.27. The van der Waals surface area contributed by atoms with Gasteiger partial charge in [-0.25, -0.2) is 13.1 Å². The van der Waals surface area contributed by atoms with E-state index in [1.807, 2.05) is 19.9 Å². The van der Waals surface area contributed by atoms with Gasteiger partial charge in [0.1, 0.15) is 0 Å². The van der Waals surface area contributed by atoms with E-state index in [-0.39, 0.29) is 29.4 Å². The first-order valence-electron chi connectivity index (χ1n) is 7.43. The molecule has 0 aliphatic rings. The van der Waals surface area contributed by atoms with Crippen LogP contribution >= 0.6 is 35.3 Å². The van der Waals surface area contributed by atoms with Gasteiger partial charge >= 0.3 is 0 Å². The Bertz CT molecular complexity index is 626. The van der Waals surface area contributed by atoms with Crippen LogP contribution in [-0.4, -0.2) is 46.3 Å². The summed E-state index contributed by atoms with van der Waals surface area (Å²) in [5, 5.41) is 8.54. The molecule has 1 heterocycles. The van der Waals surface area contributed by atoms with E-state index >= 15 is 0 Å². The Morgan fingerprint density at radius 3 is 2.25 bits per heavy atom. The van der Waals surface area contributed by atoms with Crippen molar-refractivity contribution in [3.8, 4) is 0 Å². The molecule has 0 saturated heterocycles. The zero-order valence-corrected chi connectivity index (χ0v) is 19.1. The highest BCUT2D eigenvalue weighted by atomic mass is 127. The van der Waals surface area contributed by atoms with Crippen molar-refractivity contribution in [1.29, 1.82) is 0 Å². The average Bonchev–Trinajstić information content (AvgIpc) is 2.90. The van der Waals surface area contributed by atoms with Crippen molar-refractivity contribution in [3.05, 3.63) is 22.4 Å². The molecule has 6 nitrogen and oxygen atoms in total. The fourth-order valence-electron chi connectivity index (χ4n) is 2.12. The lowest BCUT2D eigenvalue weighted by Crippen LogP contribution is -2.53. The largest absolute Gasteiger partial charge is 0.356 e. The molecule has 0 bridgehead atoms. The predicted octanol–water partition coefficient (Wildman–Crippen LogP) is 2.14. The van der Waals surface area contributed by atoms with Gasteiger partial charge in [0.05, 0.1) is 6.26 Å². The molecule has 9 heteroatoms. The lowest BCUT2D eigenvalue weighted by Gasteiger charge is -2.28. The fourth-order valence-corrected chi connectivity index (χ4v) is 4.05. The number of sulfonamides is 1. The SMILES string of the molecule is CN=C(NCC(C)(C)NS(C)(=O)=O)NCC(C)(C)c1cccs1.I. The van der Waals surface area contributed by atoms with E-state index < -0.39 is 15.6 Å². The number of hydrogen-bond acceptors (Lipinski definition) is 4. The molecular weight excluding hydrogens is 459 g/mol. The second-order valence-electron chi connectivity index (χ2n) is 6.90. The number of aliphatic imine (C=N–C) groups is 1. The van der Waals surface area contributed by atoms with Gasteiger partial charge in [-0.1, -0.05) is 19.9 Å². The van der Waals surface area contributed by atoms with Crippen molar-refractivity contribution in [2.24, 2.45) is 4.99 Å². The Labute approximate surface area is 167 Å². The maximum atomic E-state index is 11.4. The minimum Gasteiger partial charge on any atom is -0.356 e. The minimum absolute atomic E-state index is 0. The molecule has 3 N–H and O–H groups in total. The van der Waals surface area contributed by atoms with E-state index in [0.29, 0.717) is 12.5 Å². The summed E-state index contributed by atoms with van der Waals surface area (Å²) < 4.78 is 25.3. The Hall–Kier alpha value is -0.390. The maximum Gasteiger partial charge on any atom is 0.209 e. The lowest BCUT2D eigenvalue weighted by atomic mass is 9.91. The number of halogens is 1. The van der Waals surface area contributed by atoms with Gasteiger partial charge in [0, 0.05) is 36.0 Å². The van der Waals surface area contributed by atoms with Crippen LogP contribution in [0.4, 0.5) is 0 Å². The summed E-state index contributed by atoms with van der Waals surface area (Å²) in [6, 6.07) is 4.18. The third kappa shape index (κ3) is 8.63. The smallest absolute Gasteiger partial charge is 0.209 e. The Balaban J connectivity index is 0.00000529. The fraction of sp³-hybridized carbons (Fsp3) is 0.667. The molecular formula is C15H29IN4O2S2. The van der Waals surface area contributed by atoms with Crippen LogP contribution < -0.4 is 15.4 Å². The van der Waals surface area contributed by atoms with Crippen LogP contribution in [0.2, 0.25) is 0 Å². The monoisotopic (exact) mass is 488 g/mol. The van der Waals surface area contributed by atoms with Crippen LogP contribution in [0.5, 0.6) is 0 Å². The first-order valence-corrected chi connectivity index (χ1v) is 10.2. The topological polar surface area (TPSA) is 82.6 Å². The lowest BCUT2D eigenvalue weighted by molar-refractivity contribution is 0.444. The Kier molecular flexibility index (Phi) is 9.20. The van der Waals surface area contributed by atoms with Crippen molar-refractivity contribution in [2.75, 3.05) is 26.4 Å². The van der Waals surface area contributed by atoms with E-state index in [9.17, 15) is 8.42 Å². The first-order chi connectivity index (χ1) is 10.5. The van der Waals surface area contributed by atoms with Crippen LogP contribution in [0.15, 0.2) is 22.5 Å². The van der Waals surface area contributed by atoms with Crippen molar-refractivity contribution in [2.45, 2.75) is 38.6 Å². The molecule has 0 radical (unpaired) electrons. The predicted molar refractivity (Wildman–Crippen MR) is 114 cm³/mol. The van der Waals surface area contributed by atoms with Gasteiger partial charge in [-0.05, 0) is 25.3 Å². The van der Waals surface area contributed by atoms with Crippen LogP contribution in [0, 0.1) is 0 Å². The average molecular weight is 488 g/mol. The zero-order valence-electron chi connectivity index (χ0n) is 15.1. The second-order valence-corrected chi connectivity index (χ2v) is 9.59. The summed E-state index contributed by atoms with van der Waals surface area (Å²) in [5.74, 6) is 0.651. The summed E-state index contributed by atoms with van der Waals surface area (Å²) in [6.45, 7) is 9.16. The van der Waals surface area contributed by atoms with Gasteiger partial charge < -0.3 is 10.6 Å². The highest BCUT2D eigenvalue weighted by Gasteiger charge is 2.24. The highest BCUT2D eigenvalue weighted by molar-refractivity contribution is 14.0. The molecule has 0 atom stereocenters. The summed E-state index contributed by atoms with van der Waals surface area (Å²) >= 11 is 1.74. The van der Waals surface area contributed by atoms with Crippen LogP contribution in [-0.2, 0) is 15.4 Å². The summed E-state index contributed by atoms with van der Waals surface area (Å²) in [7, 11) is -1.55. The molecule has 140 valence electrons. The number of thiophene rings is 1. The molecule has 0 spiro atoms. The molecule has 0 amide bonds. The molecule has 1 aromatic heterocycles. The standard InChI is InChI=1S/C15H28N4O2S2.HI/c1-14(2,12-8-7-9-22-12)10-17-13(16-5)18-11-15(3,4)19-23(6,20)21;/h7-9,19H,10-11H2,1-6H3,(H2,16,17,18);1H. The molecule has 0 aliphatic carbocycles. The number of rotatable bonds is 7. The number of guanidine groups is 1. The molecule has 1 rings (SSSR count). The van der Waals surface area contributed by atoms with Gasteiger partial charge in [-0.15, -0.1) is 35.3 Å². The van der Waals surface area contributed by atoms with Gasteiger partial charge in [0.25, 0.3) is 0 Å². The molecule has 24 heavy (non-hydrogen) atoms. The maximum absolute atomic E-state index is 11.4. The highest BCUT2D eigenvalue weighted by Crippen LogP contribution is 2.26. The van der Waals surface area contributed by atoms with E-state index in [0.717, 1.165) is 12.8 Å².